The topological polar surface area (TPSA) is 55.0 Å². The Morgan fingerprint density at radius 3 is 2.75 bits per heavy atom. The van der Waals surface area contributed by atoms with Crippen molar-refractivity contribution in [1.29, 1.82) is 0 Å². The Bertz CT molecular complexity index is 541. The first-order valence-corrected chi connectivity index (χ1v) is 8.69. The van der Waals surface area contributed by atoms with E-state index in [0.717, 1.165) is 28.3 Å². The van der Waals surface area contributed by atoms with E-state index in [0.29, 0.717) is 11.9 Å². The average molecular weight is 308 g/mol. The Hall–Kier alpha value is -1.27. The van der Waals surface area contributed by atoms with Gasteiger partial charge in [0.25, 0.3) is 0 Å². The summed E-state index contributed by atoms with van der Waals surface area (Å²) in [5.74, 6) is 1.75. The van der Waals surface area contributed by atoms with E-state index in [1.54, 1.807) is 12.4 Å². The van der Waals surface area contributed by atoms with Crippen LogP contribution in [0.25, 0.3) is 11.1 Å². The number of pyridine rings is 1. The minimum absolute atomic E-state index is 0.461. The van der Waals surface area contributed by atoms with Crippen molar-refractivity contribution in [3.63, 3.8) is 0 Å². The van der Waals surface area contributed by atoms with Crippen molar-refractivity contribution in [3.05, 3.63) is 24.5 Å². The van der Waals surface area contributed by atoms with Crippen LogP contribution in [-0.2, 0) is 0 Å². The van der Waals surface area contributed by atoms with Crippen LogP contribution < -0.4 is 10.6 Å². The second kappa shape index (κ2) is 6.95. The van der Waals surface area contributed by atoms with Gasteiger partial charge in [0.15, 0.2) is 0 Å². The third kappa shape index (κ3) is 3.24. The Morgan fingerprint density at radius 1 is 1.40 bits per heavy atom. The largest absolute Gasteiger partial charge is 0.382 e. The lowest BCUT2D eigenvalue weighted by atomic mass is 10.1. The Labute approximate surface area is 128 Å². The van der Waals surface area contributed by atoms with Crippen molar-refractivity contribution >= 4 is 34.1 Å². The van der Waals surface area contributed by atoms with Gasteiger partial charge in [0.1, 0.15) is 10.8 Å². The molecule has 2 rings (SSSR count). The Balaban J connectivity index is 2.29. The summed E-state index contributed by atoms with van der Waals surface area (Å²) in [5, 5.41) is 1.13. The van der Waals surface area contributed by atoms with E-state index >= 15 is 0 Å². The first-order valence-electron chi connectivity index (χ1n) is 6.52. The number of nitrogens with two attached hydrogens (primary N) is 1. The molecule has 0 amide bonds. The smallest absolute Gasteiger partial charge is 0.147 e. The van der Waals surface area contributed by atoms with Gasteiger partial charge in [-0.15, -0.1) is 0 Å². The predicted molar refractivity (Wildman–Crippen MR) is 90.6 cm³/mol. The highest BCUT2D eigenvalue weighted by atomic mass is 32.2. The molecule has 1 unspecified atom stereocenters. The zero-order valence-electron chi connectivity index (χ0n) is 12.0. The van der Waals surface area contributed by atoms with Gasteiger partial charge in [0, 0.05) is 25.5 Å². The fourth-order valence-electron chi connectivity index (χ4n) is 2.01. The third-order valence-electron chi connectivity index (χ3n) is 3.39. The zero-order valence-corrected chi connectivity index (χ0v) is 13.7. The number of nitrogens with zero attached hydrogens (tertiary/aromatic N) is 3. The standard InChI is InChI=1S/C14H20N4S2/c1-10(6-9-19-3)18(2)14-12(13(15)17-20-14)11-4-7-16-8-5-11/h4-5,7-8,10H,6,9H2,1-3H3,(H2,15,17). The van der Waals surface area contributed by atoms with Crippen LogP contribution in [0.1, 0.15) is 13.3 Å². The van der Waals surface area contributed by atoms with E-state index in [9.17, 15) is 0 Å². The molecule has 0 bridgehead atoms. The van der Waals surface area contributed by atoms with Crippen LogP contribution in [0.4, 0.5) is 10.8 Å². The number of hydrogen-bond donors (Lipinski definition) is 1. The van der Waals surface area contributed by atoms with Gasteiger partial charge in [-0.05, 0) is 54.6 Å². The molecule has 2 heterocycles. The fourth-order valence-corrected chi connectivity index (χ4v) is 3.48. The fraction of sp³-hybridized carbons (Fsp3) is 0.429. The highest BCUT2D eigenvalue weighted by Gasteiger charge is 2.20. The van der Waals surface area contributed by atoms with Gasteiger partial charge < -0.3 is 10.6 Å². The van der Waals surface area contributed by atoms with Gasteiger partial charge in [0.2, 0.25) is 0 Å². The molecule has 0 aromatic carbocycles. The Kier molecular flexibility index (Phi) is 5.25. The summed E-state index contributed by atoms with van der Waals surface area (Å²) in [6.45, 7) is 2.24. The number of nitrogen functional groups attached to an aromatic ring is 1. The summed E-state index contributed by atoms with van der Waals surface area (Å²) < 4.78 is 4.33. The molecule has 2 aromatic heterocycles. The van der Waals surface area contributed by atoms with Crippen molar-refractivity contribution in [1.82, 2.24) is 9.36 Å². The van der Waals surface area contributed by atoms with E-state index in [4.69, 9.17) is 5.73 Å². The van der Waals surface area contributed by atoms with E-state index in [1.165, 1.54) is 11.5 Å². The molecule has 4 nitrogen and oxygen atoms in total. The maximum atomic E-state index is 6.06. The summed E-state index contributed by atoms with van der Waals surface area (Å²) in [4.78, 5) is 6.34. The van der Waals surface area contributed by atoms with Gasteiger partial charge in [-0.3, -0.25) is 4.98 Å². The van der Waals surface area contributed by atoms with E-state index in [-0.39, 0.29) is 0 Å². The molecule has 0 radical (unpaired) electrons. The lowest BCUT2D eigenvalue weighted by Crippen LogP contribution is -2.29. The normalized spacial score (nSPS) is 12.3. The molecule has 108 valence electrons. The quantitative estimate of drug-likeness (QED) is 0.886. The van der Waals surface area contributed by atoms with Gasteiger partial charge in [-0.2, -0.15) is 16.1 Å². The molecular weight excluding hydrogens is 288 g/mol. The number of aromatic nitrogens is 2. The molecule has 20 heavy (non-hydrogen) atoms. The highest BCUT2D eigenvalue weighted by Crippen LogP contribution is 2.39. The molecule has 0 spiro atoms. The molecule has 0 saturated heterocycles. The van der Waals surface area contributed by atoms with Gasteiger partial charge in [-0.1, -0.05) is 0 Å². The maximum Gasteiger partial charge on any atom is 0.147 e. The average Bonchev–Trinajstić information content (AvgIpc) is 2.86. The van der Waals surface area contributed by atoms with Crippen molar-refractivity contribution < 1.29 is 0 Å². The molecule has 0 aliphatic carbocycles. The van der Waals surface area contributed by atoms with Crippen molar-refractivity contribution in [3.8, 4) is 11.1 Å². The molecule has 0 aliphatic rings. The van der Waals surface area contributed by atoms with E-state index in [1.807, 2.05) is 23.9 Å². The van der Waals surface area contributed by atoms with Crippen LogP contribution in [0.15, 0.2) is 24.5 Å². The van der Waals surface area contributed by atoms with E-state index < -0.39 is 0 Å². The number of anilines is 2. The first-order chi connectivity index (χ1) is 9.65. The SMILES string of the molecule is CSCCC(C)N(C)c1snc(N)c1-c1ccncc1. The molecule has 1 atom stereocenters. The zero-order chi connectivity index (χ0) is 14.5. The summed E-state index contributed by atoms with van der Waals surface area (Å²) >= 11 is 3.34. The second-order valence-electron chi connectivity index (χ2n) is 4.73. The van der Waals surface area contributed by atoms with Crippen LogP contribution in [-0.4, -0.2) is 34.5 Å². The third-order valence-corrected chi connectivity index (χ3v) is 4.99. The monoisotopic (exact) mass is 308 g/mol. The van der Waals surface area contributed by atoms with Crippen LogP contribution >= 0.6 is 23.3 Å². The summed E-state index contributed by atoms with van der Waals surface area (Å²) in [5.41, 5.74) is 8.16. The van der Waals surface area contributed by atoms with Crippen LogP contribution in [0, 0.1) is 0 Å². The van der Waals surface area contributed by atoms with Gasteiger partial charge in [0.05, 0.1) is 5.56 Å². The number of rotatable bonds is 6. The highest BCUT2D eigenvalue weighted by molar-refractivity contribution is 7.98. The first kappa shape index (κ1) is 15.1. The summed E-state index contributed by atoms with van der Waals surface area (Å²) in [7, 11) is 2.11. The van der Waals surface area contributed by atoms with Crippen molar-refractivity contribution in [2.24, 2.45) is 0 Å². The van der Waals surface area contributed by atoms with Crippen molar-refractivity contribution in [2.75, 3.05) is 29.7 Å². The molecule has 0 fully saturated rings. The summed E-state index contributed by atoms with van der Waals surface area (Å²) in [6.07, 6.45) is 6.85. The molecule has 6 heteroatoms. The lowest BCUT2D eigenvalue weighted by Gasteiger charge is -2.26. The van der Waals surface area contributed by atoms with Gasteiger partial charge >= 0.3 is 0 Å². The molecule has 2 aromatic rings. The van der Waals surface area contributed by atoms with Gasteiger partial charge in [-0.25, -0.2) is 0 Å². The molecular formula is C14H20N4S2. The lowest BCUT2D eigenvalue weighted by molar-refractivity contribution is 0.674. The van der Waals surface area contributed by atoms with Crippen LogP contribution in [0.3, 0.4) is 0 Å². The number of hydrogen-bond acceptors (Lipinski definition) is 6. The second-order valence-corrected chi connectivity index (χ2v) is 6.46. The van der Waals surface area contributed by atoms with E-state index in [2.05, 4.69) is 34.5 Å². The predicted octanol–water partition coefficient (Wildman–Crippen LogP) is 3.37. The minimum atomic E-state index is 0.461. The molecule has 2 N–H and O–H groups in total. The van der Waals surface area contributed by atoms with Crippen LogP contribution in [0.2, 0.25) is 0 Å². The number of thioether (sulfide) groups is 1. The van der Waals surface area contributed by atoms with Crippen LogP contribution in [0.5, 0.6) is 0 Å². The Morgan fingerprint density at radius 2 is 2.10 bits per heavy atom. The summed E-state index contributed by atoms with van der Waals surface area (Å²) in [6, 6.07) is 4.41. The molecule has 0 saturated carbocycles. The minimum Gasteiger partial charge on any atom is -0.382 e. The molecule has 0 aliphatic heterocycles. The maximum absolute atomic E-state index is 6.06. The van der Waals surface area contributed by atoms with Crippen molar-refractivity contribution in [2.45, 2.75) is 19.4 Å².